The molecule has 0 bridgehead atoms. The minimum absolute atomic E-state index is 0.412. The SMILES string of the molecule is CC1=C([I-]C2=CNCCO2)Oc2ccccc2N1. The van der Waals surface area contributed by atoms with Gasteiger partial charge in [0.1, 0.15) is 0 Å². The number of fused-ring (bicyclic) bond motifs is 1. The van der Waals surface area contributed by atoms with Crippen molar-refractivity contribution >= 4 is 5.69 Å². The van der Waals surface area contributed by atoms with E-state index in [1.165, 1.54) is 0 Å². The van der Waals surface area contributed by atoms with Gasteiger partial charge in [0, 0.05) is 0 Å². The number of anilines is 1. The van der Waals surface area contributed by atoms with Crippen LogP contribution >= 0.6 is 0 Å². The van der Waals surface area contributed by atoms with E-state index >= 15 is 0 Å². The summed E-state index contributed by atoms with van der Waals surface area (Å²) in [5, 5.41) is 6.58. The molecule has 1 aromatic carbocycles. The molecular formula is C13H14IN2O2-. The number of halogens is 1. The standard InChI is InChI=1S/C13H14IN2O2/c1-9-13(14-12-8-15-6-7-17-12)18-11-5-3-2-4-10(11)16-9/h2-5,8,15-16H,6-7H2,1H3/q-1. The molecular weight excluding hydrogens is 343 g/mol. The van der Waals surface area contributed by atoms with E-state index in [9.17, 15) is 0 Å². The Bertz CT molecular complexity index is 525. The maximum absolute atomic E-state index is 5.96. The molecule has 2 N–H and O–H groups in total. The first-order chi connectivity index (χ1) is 8.83. The molecule has 3 rings (SSSR count). The molecule has 0 amide bonds. The molecule has 0 aliphatic carbocycles. The third-order valence-electron chi connectivity index (χ3n) is 2.58. The molecule has 2 aliphatic rings. The molecule has 2 heterocycles. The van der Waals surface area contributed by atoms with Crippen LogP contribution in [0.5, 0.6) is 5.75 Å². The molecule has 1 aromatic rings. The molecule has 0 saturated carbocycles. The number of ether oxygens (including phenoxy) is 2. The van der Waals surface area contributed by atoms with Crippen molar-refractivity contribution in [3.8, 4) is 5.75 Å². The summed E-state index contributed by atoms with van der Waals surface area (Å²) in [5.74, 6) is 0.891. The zero-order chi connectivity index (χ0) is 12.4. The number of nitrogens with one attached hydrogen (secondary N) is 2. The van der Waals surface area contributed by atoms with Crippen molar-refractivity contribution in [3.63, 3.8) is 0 Å². The third kappa shape index (κ3) is 2.40. The molecule has 96 valence electrons. The van der Waals surface area contributed by atoms with Crippen molar-refractivity contribution in [2.45, 2.75) is 6.92 Å². The Morgan fingerprint density at radius 1 is 1.28 bits per heavy atom. The fraction of sp³-hybridized carbons (Fsp3) is 0.231. The van der Waals surface area contributed by atoms with Crippen molar-refractivity contribution in [1.29, 1.82) is 0 Å². The van der Waals surface area contributed by atoms with Crippen LogP contribution in [-0.4, -0.2) is 13.2 Å². The van der Waals surface area contributed by atoms with Crippen molar-refractivity contribution in [1.82, 2.24) is 5.32 Å². The van der Waals surface area contributed by atoms with E-state index in [-0.39, 0.29) is 0 Å². The van der Waals surface area contributed by atoms with Gasteiger partial charge in [-0.05, 0) is 0 Å². The summed E-state index contributed by atoms with van der Waals surface area (Å²) >= 11 is -0.412. The van der Waals surface area contributed by atoms with Gasteiger partial charge >= 0.3 is 117 Å². The second-order valence-corrected chi connectivity index (χ2v) is 6.55. The van der Waals surface area contributed by atoms with Gasteiger partial charge in [-0.15, -0.1) is 0 Å². The quantitative estimate of drug-likeness (QED) is 0.680. The first kappa shape index (κ1) is 11.7. The molecule has 0 fully saturated rings. The zero-order valence-corrected chi connectivity index (χ0v) is 12.2. The molecule has 0 spiro atoms. The molecule has 0 unspecified atom stereocenters. The summed E-state index contributed by atoms with van der Waals surface area (Å²) in [6.07, 6.45) is 1.96. The summed E-state index contributed by atoms with van der Waals surface area (Å²) in [6, 6.07) is 7.98. The number of hydrogen-bond acceptors (Lipinski definition) is 4. The van der Waals surface area contributed by atoms with Crippen LogP contribution in [-0.2, 0) is 4.74 Å². The fourth-order valence-corrected chi connectivity index (χ4v) is 3.84. The Morgan fingerprint density at radius 2 is 2.17 bits per heavy atom. The van der Waals surface area contributed by atoms with Gasteiger partial charge in [0.15, 0.2) is 0 Å². The number of rotatable bonds is 2. The summed E-state index contributed by atoms with van der Waals surface area (Å²) < 4.78 is 13.6. The molecule has 2 aliphatic heterocycles. The van der Waals surface area contributed by atoms with Gasteiger partial charge in [-0.1, -0.05) is 0 Å². The minimum atomic E-state index is -0.412. The molecule has 0 saturated heterocycles. The monoisotopic (exact) mass is 357 g/mol. The molecule has 18 heavy (non-hydrogen) atoms. The van der Waals surface area contributed by atoms with Crippen LogP contribution in [0.1, 0.15) is 6.92 Å². The second-order valence-electron chi connectivity index (χ2n) is 3.97. The first-order valence-electron chi connectivity index (χ1n) is 5.79. The van der Waals surface area contributed by atoms with E-state index < -0.39 is 21.2 Å². The number of para-hydroxylation sites is 2. The van der Waals surface area contributed by atoms with Gasteiger partial charge in [-0.25, -0.2) is 0 Å². The first-order valence-corrected chi connectivity index (χ1v) is 7.94. The molecule has 0 aromatic heterocycles. The van der Waals surface area contributed by atoms with Crippen LogP contribution in [0, 0.1) is 0 Å². The van der Waals surface area contributed by atoms with Crippen molar-refractivity contribution in [2.75, 3.05) is 18.5 Å². The Morgan fingerprint density at radius 3 is 3.00 bits per heavy atom. The van der Waals surface area contributed by atoms with Gasteiger partial charge in [0.25, 0.3) is 0 Å². The molecule has 5 heteroatoms. The summed E-state index contributed by atoms with van der Waals surface area (Å²) in [5.41, 5.74) is 2.11. The molecule has 0 atom stereocenters. The van der Waals surface area contributed by atoms with Crippen LogP contribution in [0.3, 0.4) is 0 Å². The Kier molecular flexibility index (Phi) is 3.31. The number of benzene rings is 1. The van der Waals surface area contributed by atoms with Crippen LogP contribution in [0.15, 0.2) is 43.7 Å². The van der Waals surface area contributed by atoms with Gasteiger partial charge in [0.05, 0.1) is 0 Å². The van der Waals surface area contributed by atoms with E-state index in [2.05, 4.69) is 10.6 Å². The van der Waals surface area contributed by atoms with Crippen LogP contribution in [0.25, 0.3) is 0 Å². The normalized spacial score (nSPS) is 17.9. The van der Waals surface area contributed by atoms with E-state index in [0.29, 0.717) is 0 Å². The Labute approximate surface area is 116 Å². The van der Waals surface area contributed by atoms with E-state index in [4.69, 9.17) is 9.47 Å². The van der Waals surface area contributed by atoms with E-state index in [1.54, 1.807) is 0 Å². The molecule has 4 nitrogen and oxygen atoms in total. The number of allylic oxidation sites excluding steroid dienone is 1. The van der Waals surface area contributed by atoms with Gasteiger partial charge in [0.2, 0.25) is 0 Å². The van der Waals surface area contributed by atoms with Crippen LogP contribution in [0.2, 0.25) is 0 Å². The summed E-state index contributed by atoms with van der Waals surface area (Å²) in [6.45, 7) is 3.66. The maximum atomic E-state index is 5.96. The van der Waals surface area contributed by atoms with Crippen molar-refractivity contribution in [2.24, 2.45) is 0 Å². The predicted octanol–water partition coefficient (Wildman–Crippen LogP) is -0.812. The van der Waals surface area contributed by atoms with Crippen molar-refractivity contribution in [3.05, 3.63) is 43.7 Å². The van der Waals surface area contributed by atoms with Gasteiger partial charge < -0.3 is 0 Å². The number of hydrogen-bond donors (Lipinski definition) is 2. The van der Waals surface area contributed by atoms with E-state index in [0.717, 1.165) is 37.8 Å². The average Bonchev–Trinajstić information content (AvgIpc) is 2.41. The van der Waals surface area contributed by atoms with Crippen molar-refractivity contribution < 1.29 is 30.7 Å². The molecule has 0 radical (unpaired) electrons. The van der Waals surface area contributed by atoms with Crippen LogP contribution < -0.4 is 36.6 Å². The van der Waals surface area contributed by atoms with Gasteiger partial charge in [-0.2, -0.15) is 0 Å². The third-order valence-corrected chi connectivity index (χ3v) is 5.26. The van der Waals surface area contributed by atoms with E-state index in [1.807, 2.05) is 37.4 Å². The summed E-state index contributed by atoms with van der Waals surface area (Å²) in [7, 11) is 0. The fourth-order valence-electron chi connectivity index (χ4n) is 1.71. The Balaban J connectivity index is 1.79. The average molecular weight is 357 g/mol. The summed E-state index contributed by atoms with van der Waals surface area (Å²) in [4.78, 5) is 0. The Hall–Kier alpha value is -1.37. The topological polar surface area (TPSA) is 42.5 Å². The predicted molar refractivity (Wildman–Crippen MR) is 65.4 cm³/mol. The van der Waals surface area contributed by atoms with Crippen LogP contribution in [0.4, 0.5) is 5.69 Å². The zero-order valence-electron chi connectivity index (χ0n) is 10.00. The second kappa shape index (κ2) is 5.09. The van der Waals surface area contributed by atoms with Gasteiger partial charge in [-0.3, -0.25) is 0 Å².